The Morgan fingerprint density at radius 1 is 0.846 bits per heavy atom. The molecule has 0 aromatic carbocycles. The second kappa shape index (κ2) is 9.52. The number of hydrogen-bond acceptors (Lipinski definition) is 1. The maximum absolute atomic E-state index is 10.1. The zero-order chi connectivity index (χ0) is 9.94. The van der Waals surface area contributed by atoms with Crippen LogP contribution >= 0.6 is 0 Å². The minimum Gasteiger partial charge on any atom is -0.481 e. The Kier molecular flexibility index (Phi) is 9.10. The van der Waals surface area contributed by atoms with Crippen molar-refractivity contribution in [2.45, 2.75) is 51.4 Å². The summed E-state index contributed by atoms with van der Waals surface area (Å²) in [4.78, 5) is 10.1. The van der Waals surface area contributed by atoms with Crippen molar-refractivity contribution in [1.82, 2.24) is 0 Å². The summed E-state index contributed by atoms with van der Waals surface area (Å²) < 4.78 is 0. The predicted octanol–water partition coefficient (Wildman–Crippen LogP) is 2.62. The Labute approximate surface area is 79.8 Å². The predicted molar refractivity (Wildman–Crippen MR) is 50.1 cm³/mol. The van der Waals surface area contributed by atoms with Crippen LogP contribution in [0.3, 0.4) is 0 Å². The average molecular weight is 187 g/mol. The first kappa shape index (κ1) is 12.4. The standard InChI is InChI=1S/C10H19O3/c11-9-7-5-3-1-2-4-6-8-10(12)13/h1-9H2,(H,12,13). The molecule has 0 aromatic heterocycles. The Morgan fingerprint density at radius 3 is 1.77 bits per heavy atom. The van der Waals surface area contributed by atoms with Crippen LogP contribution < -0.4 is 0 Å². The summed E-state index contributed by atoms with van der Waals surface area (Å²) in [5.74, 6) is -0.702. The number of hydrogen-bond donors (Lipinski definition) is 1. The van der Waals surface area contributed by atoms with Crippen LogP contribution in [0.4, 0.5) is 0 Å². The zero-order valence-electron chi connectivity index (χ0n) is 8.13. The quantitative estimate of drug-likeness (QED) is 0.564. The van der Waals surface area contributed by atoms with Crippen LogP contribution in [-0.4, -0.2) is 17.7 Å². The fourth-order valence-corrected chi connectivity index (χ4v) is 1.26. The van der Waals surface area contributed by atoms with E-state index < -0.39 is 5.97 Å². The number of carbonyl (C=O) groups is 1. The van der Waals surface area contributed by atoms with Crippen LogP contribution in [-0.2, 0) is 9.90 Å². The molecule has 0 aromatic rings. The number of unbranched alkanes of at least 4 members (excludes halogenated alkanes) is 6. The van der Waals surface area contributed by atoms with E-state index in [-0.39, 0.29) is 6.61 Å². The first-order valence-corrected chi connectivity index (χ1v) is 5.07. The molecule has 0 saturated carbocycles. The largest absolute Gasteiger partial charge is 0.481 e. The summed E-state index contributed by atoms with van der Waals surface area (Å²) in [6, 6.07) is 0. The lowest BCUT2D eigenvalue weighted by Gasteiger charge is -1.98. The number of rotatable bonds is 9. The molecule has 3 nitrogen and oxygen atoms in total. The van der Waals surface area contributed by atoms with Crippen molar-refractivity contribution in [3.63, 3.8) is 0 Å². The van der Waals surface area contributed by atoms with E-state index in [0.717, 1.165) is 44.9 Å². The van der Waals surface area contributed by atoms with Gasteiger partial charge in [0.05, 0.1) is 6.61 Å². The third kappa shape index (κ3) is 11.4. The van der Waals surface area contributed by atoms with E-state index in [9.17, 15) is 9.90 Å². The minimum absolute atomic E-state index is 0.0407. The molecule has 0 aliphatic heterocycles. The maximum atomic E-state index is 10.1. The van der Waals surface area contributed by atoms with Gasteiger partial charge in [0.2, 0.25) is 0 Å². The summed E-state index contributed by atoms with van der Waals surface area (Å²) in [7, 11) is 0. The molecule has 77 valence electrons. The van der Waals surface area contributed by atoms with E-state index >= 15 is 0 Å². The first-order valence-electron chi connectivity index (χ1n) is 5.07. The molecule has 1 N–H and O–H groups in total. The molecule has 0 aliphatic carbocycles. The van der Waals surface area contributed by atoms with Crippen molar-refractivity contribution >= 4 is 5.97 Å². The molecular formula is C10H19O3. The molecular weight excluding hydrogens is 168 g/mol. The fourth-order valence-electron chi connectivity index (χ4n) is 1.26. The van der Waals surface area contributed by atoms with Gasteiger partial charge in [-0.3, -0.25) is 4.79 Å². The van der Waals surface area contributed by atoms with Gasteiger partial charge in [-0.2, -0.15) is 0 Å². The highest BCUT2D eigenvalue weighted by Gasteiger charge is 1.96. The monoisotopic (exact) mass is 187 g/mol. The van der Waals surface area contributed by atoms with Crippen molar-refractivity contribution in [3.05, 3.63) is 0 Å². The van der Waals surface area contributed by atoms with Gasteiger partial charge in [0.1, 0.15) is 0 Å². The molecule has 0 unspecified atom stereocenters. The van der Waals surface area contributed by atoms with E-state index in [2.05, 4.69) is 0 Å². The molecule has 0 atom stereocenters. The van der Waals surface area contributed by atoms with E-state index in [4.69, 9.17) is 5.11 Å². The molecule has 13 heavy (non-hydrogen) atoms. The molecule has 0 rings (SSSR count). The van der Waals surface area contributed by atoms with Gasteiger partial charge < -0.3 is 5.11 Å². The molecule has 0 heterocycles. The third-order valence-electron chi connectivity index (χ3n) is 2.03. The summed E-state index contributed by atoms with van der Waals surface area (Å²) in [5.41, 5.74) is 0. The summed E-state index contributed by atoms with van der Waals surface area (Å²) in [6.45, 7) is 0.0407. The van der Waals surface area contributed by atoms with Crippen molar-refractivity contribution in [2.24, 2.45) is 0 Å². The highest BCUT2D eigenvalue weighted by molar-refractivity contribution is 5.66. The van der Waals surface area contributed by atoms with Gasteiger partial charge in [0.25, 0.3) is 0 Å². The second-order valence-electron chi connectivity index (χ2n) is 3.32. The second-order valence-corrected chi connectivity index (χ2v) is 3.32. The number of carboxylic acids is 1. The molecule has 0 bridgehead atoms. The van der Waals surface area contributed by atoms with Crippen molar-refractivity contribution in [2.75, 3.05) is 6.61 Å². The number of aliphatic carboxylic acids is 1. The van der Waals surface area contributed by atoms with Gasteiger partial charge in [-0.05, 0) is 12.8 Å². The zero-order valence-corrected chi connectivity index (χ0v) is 8.13. The van der Waals surface area contributed by atoms with Gasteiger partial charge >= 0.3 is 5.97 Å². The van der Waals surface area contributed by atoms with Crippen LogP contribution in [0.2, 0.25) is 0 Å². The van der Waals surface area contributed by atoms with Gasteiger partial charge in [-0.15, -0.1) is 0 Å². The van der Waals surface area contributed by atoms with Gasteiger partial charge in [0, 0.05) is 6.42 Å². The average Bonchev–Trinajstić information content (AvgIpc) is 2.09. The smallest absolute Gasteiger partial charge is 0.303 e. The SMILES string of the molecule is [O]CCCCCCCCCC(=O)O. The van der Waals surface area contributed by atoms with Crippen molar-refractivity contribution in [3.8, 4) is 0 Å². The number of carboxylic acid groups (broad SMARTS) is 1. The summed E-state index contributed by atoms with van der Waals surface area (Å²) in [5, 5.41) is 18.4. The molecule has 0 fully saturated rings. The fraction of sp³-hybridized carbons (Fsp3) is 0.900. The van der Waals surface area contributed by atoms with E-state index in [1.807, 2.05) is 0 Å². The van der Waals surface area contributed by atoms with Crippen molar-refractivity contribution < 1.29 is 15.0 Å². The van der Waals surface area contributed by atoms with E-state index in [0.29, 0.717) is 6.42 Å². The lowest BCUT2D eigenvalue weighted by atomic mass is 10.1. The van der Waals surface area contributed by atoms with Gasteiger partial charge in [0.15, 0.2) is 0 Å². The molecule has 0 saturated heterocycles. The molecule has 0 amide bonds. The van der Waals surface area contributed by atoms with Gasteiger partial charge in [-0.25, -0.2) is 5.11 Å². The molecule has 3 heteroatoms. The Morgan fingerprint density at radius 2 is 1.31 bits per heavy atom. The van der Waals surface area contributed by atoms with E-state index in [1.54, 1.807) is 0 Å². The summed E-state index contributed by atoms with van der Waals surface area (Å²) in [6.07, 6.45) is 7.26. The summed E-state index contributed by atoms with van der Waals surface area (Å²) >= 11 is 0. The Bertz CT molecular complexity index is 123. The highest BCUT2D eigenvalue weighted by atomic mass is 16.4. The highest BCUT2D eigenvalue weighted by Crippen LogP contribution is 2.08. The first-order chi connectivity index (χ1) is 6.27. The lowest BCUT2D eigenvalue weighted by molar-refractivity contribution is -0.137. The lowest BCUT2D eigenvalue weighted by Crippen LogP contribution is -1.93. The molecule has 1 radical (unpaired) electrons. The van der Waals surface area contributed by atoms with Crippen LogP contribution in [0.5, 0.6) is 0 Å². The molecule has 0 aliphatic rings. The third-order valence-corrected chi connectivity index (χ3v) is 2.03. The Balaban J connectivity index is 2.87. The maximum Gasteiger partial charge on any atom is 0.303 e. The topological polar surface area (TPSA) is 57.2 Å². The van der Waals surface area contributed by atoms with Crippen LogP contribution in [0.1, 0.15) is 51.4 Å². The normalized spacial score (nSPS) is 10.2. The van der Waals surface area contributed by atoms with E-state index in [1.165, 1.54) is 0 Å². The minimum atomic E-state index is -0.702. The Hall–Kier alpha value is -0.570. The van der Waals surface area contributed by atoms with Crippen LogP contribution in [0, 0.1) is 0 Å². The van der Waals surface area contributed by atoms with Crippen LogP contribution in [0.15, 0.2) is 0 Å². The van der Waals surface area contributed by atoms with Crippen LogP contribution in [0.25, 0.3) is 0 Å². The van der Waals surface area contributed by atoms with Gasteiger partial charge in [-0.1, -0.05) is 32.1 Å². The molecule has 0 spiro atoms. The van der Waals surface area contributed by atoms with Crippen molar-refractivity contribution in [1.29, 1.82) is 0 Å².